The summed E-state index contributed by atoms with van der Waals surface area (Å²) in [5.74, 6) is 1.03. The predicted octanol–water partition coefficient (Wildman–Crippen LogP) is 2.12. The Morgan fingerprint density at radius 3 is 2.68 bits per heavy atom. The maximum absolute atomic E-state index is 12.2. The minimum atomic E-state index is -4.76. The Balaban J connectivity index is 1.53. The Morgan fingerprint density at radius 2 is 2.05 bits per heavy atom. The zero-order valence-corrected chi connectivity index (χ0v) is 12.1. The molecule has 0 aromatic heterocycles. The molecular weight excluding hydrogens is 297 g/mol. The van der Waals surface area contributed by atoms with Crippen molar-refractivity contribution in [3.63, 3.8) is 0 Å². The third-order valence-corrected chi connectivity index (χ3v) is 4.38. The molecule has 1 aromatic rings. The minimum Gasteiger partial charge on any atom is -0.406 e. The van der Waals surface area contributed by atoms with Crippen molar-refractivity contribution in [2.45, 2.75) is 6.36 Å². The fourth-order valence-electron chi connectivity index (χ4n) is 3.31. The van der Waals surface area contributed by atoms with Gasteiger partial charge in [-0.05, 0) is 43.0 Å². The van der Waals surface area contributed by atoms with Crippen molar-refractivity contribution in [1.29, 1.82) is 0 Å². The molecule has 1 saturated heterocycles. The maximum Gasteiger partial charge on any atom is 0.573 e. The summed E-state index contributed by atoms with van der Waals surface area (Å²) in [5, 5.41) is 2.80. The van der Waals surface area contributed by atoms with Gasteiger partial charge in [0.15, 0.2) is 0 Å². The van der Waals surface area contributed by atoms with E-state index in [-0.39, 0.29) is 17.2 Å². The highest BCUT2D eigenvalue weighted by Gasteiger charge is 2.54. The first-order chi connectivity index (χ1) is 10.3. The molecule has 1 aliphatic carbocycles. The van der Waals surface area contributed by atoms with Gasteiger partial charge in [-0.15, -0.1) is 13.2 Å². The summed E-state index contributed by atoms with van der Waals surface area (Å²) < 4.78 is 40.3. The molecule has 7 heteroatoms. The van der Waals surface area contributed by atoms with Crippen molar-refractivity contribution in [3.8, 4) is 5.75 Å². The molecule has 1 aromatic carbocycles. The van der Waals surface area contributed by atoms with Gasteiger partial charge in [-0.3, -0.25) is 4.79 Å². The fourth-order valence-corrected chi connectivity index (χ4v) is 3.31. The molecular formula is C15H17F3N2O2. The van der Waals surface area contributed by atoms with Crippen molar-refractivity contribution in [3.05, 3.63) is 29.8 Å². The summed E-state index contributed by atoms with van der Waals surface area (Å²) in [6.45, 7) is 2.69. The number of nitrogens with one attached hydrogen (secondary N) is 1. The van der Waals surface area contributed by atoms with Crippen molar-refractivity contribution in [1.82, 2.24) is 10.2 Å². The molecule has 0 bridgehead atoms. The van der Waals surface area contributed by atoms with Gasteiger partial charge in [-0.2, -0.15) is 0 Å². The molecule has 2 unspecified atom stereocenters. The summed E-state index contributed by atoms with van der Waals surface area (Å²) in [5.41, 5.74) is 0.171. The van der Waals surface area contributed by atoms with Crippen LogP contribution in [-0.2, 0) is 0 Å². The standard InChI is InChI=1S/C15H17F3N2O2/c1-20-7-12-11(13(12)8-20)6-19-14(21)9-3-2-4-10(5-9)22-15(16,17)18/h2-5,11-13H,6-8H2,1H3,(H,19,21). The van der Waals surface area contributed by atoms with Crippen molar-refractivity contribution in [2.75, 3.05) is 26.7 Å². The van der Waals surface area contributed by atoms with Gasteiger partial charge in [0.05, 0.1) is 0 Å². The monoisotopic (exact) mass is 314 g/mol. The summed E-state index contributed by atoms with van der Waals surface area (Å²) >= 11 is 0. The van der Waals surface area contributed by atoms with Gasteiger partial charge >= 0.3 is 6.36 Å². The van der Waals surface area contributed by atoms with E-state index in [9.17, 15) is 18.0 Å². The van der Waals surface area contributed by atoms with E-state index >= 15 is 0 Å². The molecule has 120 valence electrons. The van der Waals surface area contributed by atoms with E-state index in [4.69, 9.17) is 0 Å². The van der Waals surface area contributed by atoms with Crippen LogP contribution in [0, 0.1) is 17.8 Å². The number of nitrogens with zero attached hydrogens (tertiary/aromatic N) is 1. The lowest BCUT2D eigenvalue weighted by Gasteiger charge is -2.13. The van der Waals surface area contributed by atoms with Crippen LogP contribution in [0.4, 0.5) is 13.2 Å². The summed E-state index contributed by atoms with van der Waals surface area (Å²) in [4.78, 5) is 14.3. The summed E-state index contributed by atoms with van der Waals surface area (Å²) in [6.07, 6.45) is -4.76. The maximum atomic E-state index is 12.2. The third-order valence-electron chi connectivity index (χ3n) is 4.38. The van der Waals surface area contributed by atoms with E-state index in [0.717, 1.165) is 19.2 Å². The fraction of sp³-hybridized carbons (Fsp3) is 0.533. The number of likely N-dealkylation sites (tertiary alicyclic amines) is 1. The van der Waals surface area contributed by atoms with Gasteiger partial charge in [0.25, 0.3) is 5.91 Å². The van der Waals surface area contributed by atoms with Crippen LogP contribution in [-0.4, -0.2) is 43.9 Å². The summed E-state index contributed by atoms with van der Waals surface area (Å²) in [7, 11) is 2.08. The Labute approximate surface area is 126 Å². The Morgan fingerprint density at radius 1 is 1.36 bits per heavy atom. The van der Waals surface area contributed by atoms with Crippen molar-refractivity contribution in [2.24, 2.45) is 17.8 Å². The molecule has 22 heavy (non-hydrogen) atoms. The topological polar surface area (TPSA) is 41.6 Å². The number of halogens is 3. The van der Waals surface area contributed by atoms with Gasteiger partial charge in [0, 0.05) is 25.2 Å². The normalized spacial score (nSPS) is 27.4. The molecule has 1 heterocycles. The zero-order chi connectivity index (χ0) is 15.9. The van der Waals surface area contributed by atoms with Crippen LogP contribution in [0.2, 0.25) is 0 Å². The Bertz CT molecular complexity index is 564. The number of piperidine rings is 1. The first kappa shape index (κ1) is 15.1. The zero-order valence-electron chi connectivity index (χ0n) is 12.1. The highest BCUT2D eigenvalue weighted by Crippen LogP contribution is 2.50. The number of hydrogen-bond acceptors (Lipinski definition) is 3. The van der Waals surface area contributed by atoms with E-state index in [1.54, 1.807) is 0 Å². The van der Waals surface area contributed by atoms with Gasteiger partial charge < -0.3 is 15.0 Å². The first-order valence-electron chi connectivity index (χ1n) is 7.16. The van der Waals surface area contributed by atoms with Gasteiger partial charge in [0.1, 0.15) is 5.75 Å². The van der Waals surface area contributed by atoms with Crippen LogP contribution in [0.5, 0.6) is 5.75 Å². The number of ether oxygens (including phenoxy) is 1. The van der Waals surface area contributed by atoms with Crippen LogP contribution >= 0.6 is 0 Å². The van der Waals surface area contributed by atoms with Crippen molar-refractivity contribution >= 4 is 5.91 Å². The van der Waals surface area contributed by atoms with Crippen LogP contribution in [0.1, 0.15) is 10.4 Å². The highest BCUT2D eigenvalue weighted by atomic mass is 19.4. The molecule has 2 atom stereocenters. The van der Waals surface area contributed by atoms with E-state index in [1.165, 1.54) is 18.2 Å². The van der Waals surface area contributed by atoms with Gasteiger partial charge in [-0.25, -0.2) is 0 Å². The molecule has 0 spiro atoms. The smallest absolute Gasteiger partial charge is 0.406 e. The molecule has 1 N–H and O–H groups in total. The average molecular weight is 314 g/mol. The lowest BCUT2D eigenvalue weighted by molar-refractivity contribution is -0.274. The quantitative estimate of drug-likeness (QED) is 0.925. The molecule has 0 radical (unpaired) electrons. The molecule has 1 aliphatic heterocycles. The number of hydrogen-bond donors (Lipinski definition) is 1. The lowest BCUT2D eigenvalue weighted by Crippen LogP contribution is -2.29. The van der Waals surface area contributed by atoms with Gasteiger partial charge in [0.2, 0.25) is 0 Å². The molecule has 1 saturated carbocycles. The highest BCUT2D eigenvalue weighted by molar-refractivity contribution is 5.94. The molecule has 2 aliphatic rings. The Hall–Kier alpha value is -1.76. The number of rotatable bonds is 4. The molecule has 4 nitrogen and oxygen atoms in total. The molecule has 2 fully saturated rings. The predicted molar refractivity (Wildman–Crippen MR) is 73.4 cm³/mol. The molecule has 1 amide bonds. The number of benzene rings is 1. The number of fused-ring (bicyclic) bond motifs is 1. The van der Waals surface area contributed by atoms with E-state index in [1.807, 2.05) is 0 Å². The second kappa shape index (κ2) is 5.46. The summed E-state index contributed by atoms with van der Waals surface area (Å²) in [6, 6.07) is 5.12. The Kier molecular flexibility index (Phi) is 3.76. The first-order valence-corrected chi connectivity index (χ1v) is 7.16. The van der Waals surface area contributed by atoms with Crippen LogP contribution in [0.25, 0.3) is 0 Å². The number of carbonyl (C=O) groups excluding carboxylic acids is 1. The van der Waals surface area contributed by atoms with E-state index in [2.05, 4.69) is 22.0 Å². The minimum absolute atomic E-state index is 0.171. The average Bonchev–Trinajstić information content (AvgIpc) is 2.88. The number of carbonyl (C=O) groups is 1. The van der Waals surface area contributed by atoms with Crippen LogP contribution < -0.4 is 10.1 Å². The third kappa shape index (κ3) is 3.35. The lowest BCUT2D eigenvalue weighted by atomic mass is 10.2. The van der Waals surface area contributed by atoms with E-state index in [0.29, 0.717) is 24.3 Å². The largest absolute Gasteiger partial charge is 0.573 e. The number of alkyl halides is 3. The van der Waals surface area contributed by atoms with Crippen molar-refractivity contribution < 1.29 is 22.7 Å². The molecule has 3 rings (SSSR count). The van der Waals surface area contributed by atoms with Crippen LogP contribution in [0.15, 0.2) is 24.3 Å². The SMILES string of the molecule is CN1CC2C(CNC(=O)c3cccc(OC(F)(F)F)c3)C2C1. The second-order valence-electron chi connectivity index (χ2n) is 6.00. The van der Waals surface area contributed by atoms with E-state index < -0.39 is 6.36 Å². The van der Waals surface area contributed by atoms with Crippen LogP contribution in [0.3, 0.4) is 0 Å². The number of amides is 1. The second-order valence-corrected chi connectivity index (χ2v) is 6.00. The van der Waals surface area contributed by atoms with Gasteiger partial charge in [-0.1, -0.05) is 6.07 Å².